The minimum Gasteiger partial charge on any atom is -0.390 e. The zero-order chi connectivity index (χ0) is 12.8. The first-order valence-electron chi connectivity index (χ1n) is 5.07. The van der Waals surface area contributed by atoms with Crippen LogP contribution in [0.3, 0.4) is 0 Å². The average Bonchev–Trinajstić information content (AvgIpc) is 2.50. The molecule has 0 fully saturated rings. The van der Waals surface area contributed by atoms with Crippen LogP contribution in [-0.4, -0.2) is 12.1 Å². The van der Waals surface area contributed by atoms with E-state index in [-0.39, 0.29) is 29.8 Å². The quantitative estimate of drug-likeness (QED) is 0.815. The Hall–Kier alpha value is -1.24. The van der Waals surface area contributed by atoms with E-state index in [0.29, 0.717) is 10.4 Å². The van der Waals surface area contributed by atoms with Crippen molar-refractivity contribution in [3.8, 4) is 0 Å². The molecule has 0 aliphatic heterocycles. The molecule has 0 bridgehead atoms. The van der Waals surface area contributed by atoms with Gasteiger partial charge in [-0.25, -0.2) is 0 Å². The van der Waals surface area contributed by atoms with Crippen molar-refractivity contribution in [1.29, 1.82) is 0 Å². The van der Waals surface area contributed by atoms with Gasteiger partial charge in [0.15, 0.2) is 0 Å². The summed E-state index contributed by atoms with van der Waals surface area (Å²) in [5.74, 6) is -2.00. The van der Waals surface area contributed by atoms with Crippen LogP contribution in [0.5, 0.6) is 0 Å². The number of alkyl halides is 3. The Morgan fingerprint density at radius 3 is 2.59 bits per heavy atom. The summed E-state index contributed by atoms with van der Waals surface area (Å²) in [4.78, 5) is 11.7. The van der Waals surface area contributed by atoms with Crippen LogP contribution in [0.1, 0.15) is 27.2 Å². The molecule has 0 aromatic carbocycles. The Kier molecular flexibility index (Phi) is 2.81. The van der Waals surface area contributed by atoms with E-state index < -0.39 is 18.0 Å². The number of anilines is 1. The molecule has 1 heterocycles. The first-order chi connectivity index (χ1) is 7.80. The summed E-state index contributed by atoms with van der Waals surface area (Å²) in [5.41, 5.74) is 11.6. The largest absolute Gasteiger partial charge is 0.392 e. The third-order valence-electron chi connectivity index (χ3n) is 3.00. The first-order valence-corrected chi connectivity index (χ1v) is 5.89. The van der Waals surface area contributed by atoms with Crippen molar-refractivity contribution in [3.05, 3.63) is 16.0 Å². The van der Waals surface area contributed by atoms with Gasteiger partial charge in [0.25, 0.3) is 5.91 Å². The van der Waals surface area contributed by atoms with Gasteiger partial charge in [0.05, 0.1) is 16.5 Å². The molecule has 1 atom stereocenters. The summed E-state index contributed by atoms with van der Waals surface area (Å²) in [6, 6.07) is 0. The Morgan fingerprint density at radius 1 is 1.41 bits per heavy atom. The van der Waals surface area contributed by atoms with E-state index in [9.17, 15) is 18.0 Å². The summed E-state index contributed by atoms with van der Waals surface area (Å²) in [7, 11) is 0. The molecule has 4 N–H and O–H groups in total. The van der Waals surface area contributed by atoms with Crippen molar-refractivity contribution in [2.24, 2.45) is 11.7 Å². The van der Waals surface area contributed by atoms with E-state index in [1.165, 1.54) is 0 Å². The van der Waals surface area contributed by atoms with Crippen LogP contribution in [0.25, 0.3) is 0 Å². The lowest BCUT2D eigenvalue weighted by Gasteiger charge is -2.24. The fourth-order valence-corrected chi connectivity index (χ4v) is 3.36. The Bertz CT molecular complexity index is 467. The van der Waals surface area contributed by atoms with Gasteiger partial charge in [-0.05, 0) is 24.8 Å². The highest BCUT2D eigenvalue weighted by Gasteiger charge is 2.42. The van der Waals surface area contributed by atoms with Crippen molar-refractivity contribution in [3.63, 3.8) is 0 Å². The van der Waals surface area contributed by atoms with E-state index in [1.807, 2.05) is 0 Å². The van der Waals surface area contributed by atoms with E-state index in [2.05, 4.69) is 0 Å². The monoisotopic (exact) mass is 264 g/mol. The highest BCUT2D eigenvalue weighted by molar-refractivity contribution is 7.16. The molecule has 1 aliphatic rings. The van der Waals surface area contributed by atoms with E-state index >= 15 is 0 Å². The molecule has 1 aliphatic carbocycles. The maximum atomic E-state index is 12.6. The molecule has 1 unspecified atom stereocenters. The van der Waals surface area contributed by atoms with Crippen LogP contribution in [0.15, 0.2) is 0 Å². The van der Waals surface area contributed by atoms with Gasteiger partial charge in [0.2, 0.25) is 0 Å². The summed E-state index contributed by atoms with van der Waals surface area (Å²) >= 11 is 1.04. The predicted molar refractivity (Wildman–Crippen MR) is 58.8 cm³/mol. The van der Waals surface area contributed by atoms with Gasteiger partial charge in [-0.15, -0.1) is 11.3 Å². The number of carbonyl (C=O) groups is 1. The number of rotatable bonds is 1. The molecule has 1 aromatic heterocycles. The molecule has 0 radical (unpaired) electrons. The standard InChI is InChI=1S/C10H11F3N2OS/c11-10(12,13)4-1-2-5-6(3-4)17-9(15)7(5)8(14)16/h4H,1-3,15H2,(H2,14,16). The number of amides is 1. The van der Waals surface area contributed by atoms with Crippen molar-refractivity contribution >= 4 is 22.2 Å². The molecule has 0 saturated heterocycles. The smallest absolute Gasteiger partial charge is 0.390 e. The molecule has 0 saturated carbocycles. The lowest BCUT2D eigenvalue weighted by Crippen LogP contribution is -2.28. The zero-order valence-electron chi connectivity index (χ0n) is 8.80. The molecule has 2 rings (SSSR count). The molecule has 1 aromatic rings. The number of nitrogen functional groups attached to an aromatic ring is 1. The number of halogens is 3. The van der Waals surface area contributed by atoms with Gasteiger partial charge >= 0.3 is 6.18 Å². The van der Waals surface area contributed by atoms with Crippen molar-refractivity contribution in [2.75, 3.05) is 5.73 Å². The summed E-state index contributed by atoms with van der Waals surface area (Å²) < 4.78 is 37.7. The number of fused-ring (bicyclic) bond motifs is 1. The van der Waals surface area contributed by atoms with E-state index in [4.69, 9.17) is 11.5 Å². The molecular weight excluding hydrogens is 253 g/mol. The second kappa shape index (κ2) is 3.90. The Labute approximate surface area is 99.6 Å². The van der Waals surface area contributed by atoms with Gasteiger partial charge in [-0.1, -0.05) is 0 Å². The lowest BCUT2D eigenvalue weighted by atomic mass is 9.86. The fraction of sp³-hybridized carbons (Fsp3) is 0.500. The van der Waals surface area contributed by atoms with E-state index in [1.54, 1.807) is 0 Å². The van der Waals surface area contributed by atoms with Crippen molar-refractivity contribution < 1.29 is 18.0 Å². The van der Waals surface area contributed by atoms with Crippen molar-refractivity contribution in [1.82, 2.24) is 0 Å². The van der Waals surface area contributed by atoms with Crippen LogP contribution < -0.4 is 11.5 Å². The maximum Gasteiger partial charge on any atom is 0.392 e. The topological polar surface area (TPSA) is 69.1 Å². The third-order valence-corrected chi connectivity index (χ3v) is 4.09. The number of hydrogen-bond donors (Lipinski definition) is 2. The van der Waals surface area contributed by atoms with Gasteiger partial charge in [-0.2, -0.15) is 13.2 Å². The van der Waals surface area contributed by atoms with Crippen molar-refractivity contribution in [2.45, 2.75) is 25.4 Å². The number of primary amides is 1. The maximum absolute atomic E-state index is 12.6. The SMILES string of the molecule is NC(=O)c1c(N)sc2c1CCC(C(F)(F)F)C2. The van der Waals surface area contributed by atoms with Gasteiger partial charge in [0, 0.05) is 4.88 Å². The van der Waals surface area contributed by atoms with Gasteiger partial charge < -0.3 is 11.5 Å². The molecular formula is C10H11F3N2OS. The highest BCUT2D eigenvalue weighted by atomic mass is 32.1. The normalized spacial score (nSPS) is 20.1. The van der Waals surface area contributed by atoms with Gasteiger partial charge in [0.1, 0.15) is 0 Å². The Balaban J connectivity index is 2.35. The Morgan fingerprint density at radius 2 is 2.06 bits per heavy atom. The molecule has 94 valence electrons. The molecule has 0 spiro atoms. The second-order valence-electron chi connectivity index (χ2n) is 4.09. The van der Waals surface area contributed by atoms with Gasteiger partial charge in [-0.3, -0.25) is 4.79 Å². The minimum absolute atomic E-state index is 0.00699. The van der Waals surface area contributed by atoms with Crippen LogP contribution in [0.2, 0.25) is 0 Å². The molecule has 7 heteroatoms. The average molecular weight is 264 g/mol. The summed E-state index contributed by atoms with van der Waals surface area (Å²) in [5, 5.41) is 0.227. The summed E-state index contributed by atoms with van der Waals surface area (Å²) in [6.45, 7) is 0. The van der Waals surface area contributed by atoms with Crippen LogP contribution in [0, 0.1) is 5.92 Å². The number of thiophene rings is 1. The number of carbonyl (C=O) groups excluding carboxylic acids is 1. The highest BCUT2D eigenvalue weighted by Crippen LogP contribution is 2.42. The number of nitrogens with two attached hydrogens (primary N) is 2. The minimum atomic E-state index is -4.19. The molecule has 1 amide bonds. The molecule has 3 nitrogen and oxygen atoms in total. The second-order valence-corrected chi connectivity index (χ2v) is 5.23. The van der Waals surface area contributed by atoms with E-state index in [0.717, 1.165) is 11.3 Å². The van der Waals surface area contributed by atoms with Crippen LogP contribution >= 0.6 is 11.3 Å². The third kappa shape index (κ3) is 2.11. The van der Waals surface area contributed by atoms with Crippen LogP contribution in [-0.2, 0) is 12.8 Å². The summed E-state index contributed by atoms with van der Waals surface area (Å²) in [6.07, 6.45) is -4.08. The predicted octanol–water partition coefficient (Wildman–Crippen LogP) is 2.10. The first kappa shape index (κ1) is 12.2. The van der Waals surface area contributed by atoms with Crippen LogP contribution in [0.4, 0.5) is 18.2 Å². The fourth-order valence-electron chi connectivity index (χ4n) is 2.16. The zero-order valence-corrected chi connectivity index (χ0v) is 9.62. The molecule has 17 heavy (non-hydrogen) atoms. The number of hydrogen-bond acceptors (Lipinski definition) is 3. The lowest BCUT2D eigenvalue weighted by molar-refractivity contribution is -0.176.